The van der Waals surface area contributed by atoms with Crippen LogP contribution in [0.5, 0.6) is 0 Å². The minimum atomic E-state index is -0.706. The monoisotopic (exact) mass is 526 g/mol. The second-order valence-electron chi connectivity index (χ2n) is 9.41. The third-order valence-corrected chi connectivity index (χ3v) is 6.52. The largest absolute Gasteiger partial charge is 0.395 e. The van der Waals surface area contributed by atoms with Crippen LogP contribution in [0.4, 0.5) is 26.3 Å². The number of nitrogens with one attached hydrogen (secondary N) is 2. The summed E-state index contributed by atoms with van der Waals surface area (Å²) < 4.78 is 37.2. The molecule has 38 heavy (non-hydrogen) atoms. The van der Waals surface area contributed by atoms with Crippen molar-refractivity contribution in [2.45, 2.75) is 38.6 Å². The highest BCUT2D eigenvalue weighted by Gasteiger charge is 2.27. The molecule has 0 saturated carbocycles. The van der Waals surface area contributed by atoms with Crippen LogP contribution in [0, 0.1) is 11.6 Å². The summed E-state index contributed by atoms with van der Waals surface area (Å²) >= 11 is 0. The van der Waals surface area contributed by atoms with Gasteiger partial charge in [-0.1, -0.05) is 19.0 Å². The maximum atomic E-state index is 15.2. The van der Waals surface area contributed by atoms with Crippen molar-refractivity contribution in [3.05, 3.63) is 53.7 Å². The second-order valence-corrected chi connectivity index (χ2v) is 9.41. The average Bonchev–Trinajstić information content (AvgIpc) is 3.55. The highest BCUT2D eigenvalue weighted by molar-refractivity contribution is 5.95. The third kappa shape index (κ3) is 5.01. The summed E-state index contributed by atoms with van der Waals surface area (Å²) in [6, 6.07) is 4.35. The molecule has 0 bridgehead atoms. The molecule has 4 aromatic rings. The summed E-state index contributed by atoms with van der Waals surface area (Å²) in [6.07, 6.45) is 4.13. The molecule has 0 atom stereocenters. The van der Waals surface area contributed by atoms with Crippen molar-refractivity contribution in [2.24, 2.45) is 0 Å². The van der Waals surface area contributed by atoms with Crippen LogP contribution in [0.3, 0.4) is 0 Å². The number of halogens is 2. The molecule has 1 fully saturated rings. The molecule has 0 unspecified atom stereocenters. The Bertz CT molecular complexity index is 1450. The van der Waals surface area contributed by atoms with Crippen LogP contribution in [0.2, 0.25) is 0 Å². The number of carbonyl (C=O) groups excluding carboxylic acids is 1. The number of amides is 1. The number of rotatable bonds is 8. The van der Waals surface area contributed by atoms with Crippen molar-refractivity contribution in [2.75, 3.05) is 36.5 Å². The van der Waals surface area contributed by atoms with E-state index in [9.17, 15) is 9.18 Å². The minimum absolute atomic E-state index is 0.0121. The smallest absolute Gasteiger partial charge is 0.324 e. The van der Waals surface area contributed by atoms with Gasteiger partial charge in [-0.2, -0.15) is 4.98 Å². The summed E-state index contributed by atoms with van der Waals surface area (Å²) in [6.45, 7) is 5.15. The lowest BCUT2D eigenvalue weighted by Crippen LogP contribution is -2.34. The van der Waals surface area contributed by atoms with Gasteiger partial charge in [-0.3, -0.25) is 4.79 Å². The SMILES string of the molecule is CC(C)c1noc(N2CCC(n3cc(F)c4c(Nc5ccc(C(=O)NCCO)cc5F)ncnc43)CC2)n1. The van der Waals surface area contributed by atoms with E-state index in [-0.39, 0.29) is 47.6 Å². The van der Waals surface area contributed by atoms with Crippen molar-refractivity contribution in [3.8, 4) is 0 Å². The van der Waals surface area contributed by atoms with E-state index in [1.165, 1.54) is 24.7 Å². The number of aliphatic hydroxyl groups excluding tert-OH is 1. The van der Waals surface area contributed by atoms with Gasteiger partial charge in [0.25, 0.3) is 5.91 Å². The molecule has 3 aromatic heterocycles. The van der Waals surface area contributed by atoms with E-state index in [4.69, 9.17) is 9.63 Å². The van der Waals surface area contributed by atoms with Crippen molar-refractivity contribution in [1.82, 2.24) is 30.0 Å². The third-order valence-electron chi connectivity index (χ3n) is 6.52. The standard InChI is InChI=1S/C25H28F2N8O3/c1-14(2)21-32-25(38-33-21)34-8-5-16(6-9-34)35-12-18(27)20-22(29-13-30-23(20)35)31-19-4-3-15(11-17(19)26)24(37)28-7-10-36/h3-4,11-14,16,36H,5-10H2,1-2H3,(H,28,37)(H,29,30,31). The quantitative estimate of drug-likeness (QED) is 0.315. The molecule has 4 heterocycles. The Morgan fingerprint density at radius 3 is 2.68 bits per heavy atom. The molecule has 0 aliphatic carbocycles. The molecule has 0 radical (unpaired) electrons. The lowest BCUT2D eigenvalue weighted by molar-refractivity contribution is 0.0944. The molecule has 1 aliphatic heterocycles. The maximum absolute atomic E-state index is 15.2. The van der Waals surface area contributed by atoms with Gasteiger partial charge in [0.1, 0.15) is 23.6 Å². The first-order chi connectivity index (χ1) is 18.4. The van der Waals surface area contributed by atoms with Crippen LogP contribution >= 0.6 is 0 Å². The van der Waals surface area contributed by atoms with Crippen LogP contribution in [0.15, 0.2) is 35.2 Å². The van der Waals surface area contributed by atoms with Gasteiger partial charge in [0.2, 0.25) is 0 Å². The number of aliphatic hydroxyl groups is 1. The molecular formula is C25H28F2N8O3. The molecule has 13 heteroatoms. The first kappa shape index (κ1) is 25.5. The number of hydrogen-bond acceptors (Lipinski definition) is 9. The van der Waals surface area contributed by atoms with Crippen LogP contribution in [-0.4, -0.2) is 61.9 Å². The van der Waals surface area contributed by atoms with E-state index in [0.717, 1.165) is 6.07 Å². The van der Waals surface area contributed by atoms with Crippen LogP contribution < -0.4 is 15.5 Å². The van der Waals surface area contributed by atoms with E-state index in [1.807, 2.05) is 18.7 Å². The lowest BCUT2D eigenvalue weighted by atomic mass is 10.1. The molecule has 1 amide bonds. The highest BCUT2D eigenvalue weighted by Crippen LogP contribution is 2.33. The zero-order chi connectivity index (χ0) is 26.8. The Morgan fingerprint density at radius 2 is 2.00 bits per heavy atom. The summed E-state index contributed by atoms with van der Waals surface area (Å²) in [5.41, 5.74) is 0.530. The summed E-state index contributed by atoms with van der Waals surface area (Å²) in [5, 5.41) is 18.3. The normalized spacial score (nSPS) is 14.4. The fourth-order valence-electron chi connectivity index (χ4n) is 4.49. The summed E-state index contributed by atoms with van der Waals surface area (Å²) in [4.78, 5) is 27.0. The Morgan fingerprint density at radius 1 is 1.21 bits per heavy atom. The average molecular weight is 527 g/mol. The van der Waals surface area contributed by atoms with Gasteiger partial charge in [-0.15, -0.1) is 0 Å². The zero-order valence-electron chi connectivity index (χ0n) is 21.0. The van der Waals surface area contributed by atoms with Gasteiger partial charge >= 0.3 is 6.01 Å². The number of benzene rings is 1. The molecule has 1 saturated heterocycles. The van der Waals surface area contributed by atoms with E-state index >= 15 is 4.39 Å². The molecule has 11 nitrogen and oxygen atoms in total. The van der Waals surface area contributed by atoms with Gasteiger partial charge < -0.3 is 29.7 Å². The molecule has 1 aromatic carbocycles. The van der Waals surface area contributed by atoms with E-state index in [1.54, 1.807) is 4.57 Å². The van der Waals surface area contributed by atoms with Crippen LogP contribution in [0.1, 0.15) is 54.8 Å². The highest BCUT2D eigenvalue weighted by atomic mass is 19.1. The number of fused-ring (bicyclic) bond motifs is 1. The molecule has 3 N–H and O–H groups in total. The molecule has 0 spiro atoms. The summed E-state index contributed by atoms with van der Waals surface area (Å²) in [5.74, 6) is -0.792. The number of carbonyl (C=O) groups is 1. The fourth-order valence-corrected chi connectivity index (χ4v) is 4.49. The fraction of sp³-hybridized carbons (Fsp3) is 0.400. The Hall–Kier alpha value is -4.13. The van der Waals surface area contributed by atoms with Gasteiger partial charge in [-0.25, -0.2) is 18.7 Å². The number of hydrogen-bond donors (Lipinski definition) is 3. The number of aromatic nitrogens is 5. The van der Waals surface area contributed by atoms with Crippen molar-refractivity contribution in [3.63, 3.8) is 0 Å². The lowest BCUT2D eigenvalue weighted by Gasteiger charge is -2.31. The molecule has 5 rings (SSSR count). The number of piperidine rings is 1. The van der Waals surface area contributed by atoms with Crippen molar-refractivity contribution >= 4 is 34.5 Å². The second kappa shape index (κ2) is 10.7. The zero-order valence-corrected chi connectivity index (χ0v) is 21.0. The minimum Gasteiger partial charge on any atom is -0.395 e. The Kier molecular flexibility index (Phi) is 7.18. The van der Waals surface area contributed by atoms with Gasteiger partial charge in [-0.05, 0) is 31.0 Å². The van der Waals surface area contributed by atoms with Gasteiger partial charge in [0, 0.05) is 43.4 Å². The molecule has 1 aliphatic rings. The topological polar surface area (TPSA) is 134 Å². The van der Waals surface area contributed by atoms with E-state index in [2.05, 4.69) is 30.7 Å². The molecule has 200 valence electrons. The predicted octanol–water partition coefficient (Wildman–Crippen LogP) is 3.52. The van der Waals surface area contributed by atoms with Crippen molar-refractivity contribution in [1.29, 1.82) is 0 Å². The Balaban J connectivity index is 1.33. The number of anilines is 3. The predicted molar refractivity (Wildman–Crippen MR) is 135 cm³/mol. The van der Waals surface area contributed by atoms with Gasteiger partial charge in [0.15, 0.2) is 11.6 Å². The maximum Gasteiger partial charge on any atom is 0.324 e. The Labute approximate surface area is 216 Å². The van der Waals surface area contributed by atoms with E-state index in [0.29, 0.717) is 43.4 Å². The molecular weight excluding hydrogens is 498 g/mol. The van der Waals surface area contributed by atoms with Crippen LogP contribution in [-0.2, 0) is 0 Å². The van der Waals surface area contributed by atoms with Crippen LogP contribution in [0.25, 0.3) is 11.0 Å². The first-order valence-corrected chi connectivity index (χ1v) is 12.4. The van der Waals surface area contributed by atoms with E-state index < -0.39 is 17.5 Å². The number of nitrogens with zero attached hydrogens (tertiary/aromatic N) is 6. The van der Waals surface area contributed by atoms with Crippen molar-refractivity contribution < 1.29 is 23.2 Å². The summed E-state index contributed by atoms with van der Waals surface area (Å²) in [7, 11) is 0. The first-order valence-electron chi connectivity index (χ1n) is 12.4. The van der Waals surface area contributed by atoms with Gasteiger partial charge in [0.05, 0.1) is 17.7 Å².